The molecule has 0 amide bonds. The van der Waals surface area contributed by atoms with E-state index in [1.54, 1.807) is 12.1 Å². The number of ether oxygens (including phenoxy) is 1. The van der Waals surface area contributed by atoms with E-state index < -0.39 is 11.0 Å². The summed E-state index contributed by atoms with van der Waals surface area (Å²) in [6.07, 6.45) is 9.35. The molecule has 3 aromatic rings. The van der Waals surface area contributed by atoms with Crippen LogP contribution in [0, 0.1) is 0 Å². The number of hydrogen-bond acceptors (Lipinski definition) is 6. The maximum absolute atomic E-state index is 13.9. The van der Waals surface area contributed by atoms with Gasteiger partial charge in [-0.05, 0) is 78.7 Å². The molecule has 3 N–H and O–H groups in total. The summed E-state index contributed by atoms with van der Waals surface area (Å²) in [6, 6.07) is 3.11. The third kappa shape index (κ3) is 4.51. The van der Waals surface area contributed by atoms with Gasteiger partial charge in [0.15, 0.2) is 0 Å². The van der Waals surface area contributed by atoms with Gasteiger partial charge in [-0.3, -0.25) is 4.79 Å². The third-order valence-electron chi connectivity index (χ3n) is 6.27. The SMILES string of the molecule is CC(C)=CCc1c(O)c(CC=C(C)C)c2occ(-c3ccc(O)c4c3OC(C)(C)C=C4)c(=O)c2c1O. The number of rotatable bonds is 5. The highest BCUT2D eigenvalue weighted by Crippen LogP contribution is 2.45. The maximum atomic E-state index is 13.9. The van der Waals surface area contributed by atoms with Crippen LogP contribution < -0.4 is 10.2 Å². The minimum Gasteiger partial charge on any atom is -0.507 e. The van der Waals surface area contributed by atoms with Crippen molar-refractivity contribution in [2.45, 2.75) is 60.0 Å². The Labute approximate surface area is 210 Å². The second-order valence-electron chi connectivity index (χ2n) is 10.2. The van der Waals surface area contributed by atoms with E-state index in [-0.39, 0.29) is 45.8 Å². The van der Waals surface area contributed by atoms with Crippen molar-refractivity contribution in [3.05, 3.63) is 74.7 Å². The molecule has 0 aliphatic carbocycles. The first-order chi connectivity index (χ1) is 16.9. The van der Waals surface area contributed by atoms with Crippen molar-refractivity contribution in [1.29, 1.82) is 0 Å². The predicted molar refractivity (Wildman–Crippen MR) is 143 cm³/mol. The number of benzene rings is 2. The summed E-state index contributed by atoms with van der Waals surface area (Å²) < 4.78 is 12.1. The summed E-state index contributed by atoms with van der Waals surface area (Å²) >= 11 is 0. The highest BCUT2D eigenvalue weighted by atomic mass is 16.5. The Morgan fingerprint density at radius 3 is 2.19 bits per heavy atom. The quantitative estimate of drug-likeness (QED) is 0.342. The van der Waals surface area contributed by atoms with E-state index in [2.05, 4.69) is 0 Å². The van der Waals surface area contributed by atoms with E-state index in [4.69, 9.17) is 9.15 Å². The fourth-order valence-electron chi connectivity index (χ4n) is 4.29. The molecule has 2 heterocycles. The molecule has 0 radical (unpaired) electrons. The van der Waals surface area contributed by atoms with Gasteiger partial charge in [-0.1, -0.05) is 23.3 Å². The van der Waals surface area contributed by atoms with Crippen molar-refractivity contribution in [2.75, 3.05) is 0 Å². The van der Waals surface area contributed by atoms with Crippen LogP contribution in [0.3, 0.4) is 0 Å². The van der Waals surface area contributed by atoms with E-state index in [0.29, 0.717) is 28.9 Å². The second-order valence-corrected chi connectivity index (χ2v) is 10.2. The van der Waals surface area contributed by atoms with Crippen LogP contribution in [0.2, 0.25) is 0 Å². The monoisotopic (exact) mass is 488 g/mol. The maximum Gasteiger partial charge on any atom is 0.204 e. The molecular formula is C30H32O6. The summed E-state index contributed by atoms with van der Waals surface area (Å²) in [4.78, 5) is 13.9. The lowest BCUT2D eigenvalue weighted by atomic mass is 9.93. The minimum atomic E-state index is -0.643. The molecule has 0 atom stereocenters. The van der Waals surface area contributed by atoms with Crippen molar-refractivity contribution in [3.8, 4) is 34.1 Å². The summed E-state index contributed by atoms with van der Waals surface area (Å²) in [5.41, 5.74) is 2.93. The summed E-state index contributed by atoms with van der Waals surface area (Å²) in [7, 11) is 0. The topological polar surface area (TPSA) is 100 Å². The van der Waals surface area contributed by atoms with Gasteiger partial charge in [-0.15, -0.1) is 0 Å². The number of aromatic hydroxyl groups is 3. The molecule has 0 spiro atoms. The zero-order valence-corrected chi connectivity index (χ0v) is 21.5. The van der Waals surface area contributed by atoms with Crippen molar-refractivity contribution >= 4 is 17.0 Å². The number of hydrogen-bond donors (Lipinski definition) is 3. The van der Waals surface area contributed by atoms with Crippen LogP contribution in [-0.2, 0) is 12.8 Å². The Morgan fingerprint density at radius 1 is 0.917 bits per heavy atom. The fraction of sp³-hybridized carbons (Fsp3) is 0.300. The Morgan fingerprint density at radius 2 is 1.56 bits per heavy atom. The van der Waals surface area contributed by atoms with Crippen molar-refractivity contribution in [1.82, 2.24) is 0 Å². The average molecular weight is 489 g/mol. The standard InChI is InChI=1S/C30H32O6/c1-16(2)7-9-20-25(32)21(10-8-17(3)4)29-24(26(20)33)27(34)22(15-35-29)18-11-12-23(31)19-13-14-30(5,6)36-28(18)19/h7-8,11-15,31-33H,9-10H2,1-6H3. The number of fused-ring (bicyclic) bond motifs is 2. The predicted octanol–water partition coefficient (Wildman–Crippen LogP) is 6.78. The Balaban J connectivity index is 2.04. The normalized spacial score (nSPS) is 13.7. The van der Waals surface area contributed by atoms with Gasteiger partial charge in [0.2, 0.25) is 5.43 Å². The third-order valence-corrected chi connectivity index (χ3v) is 6.27. The van der Waals surface area contributed by atoms with Crippen LogP contribution in [0.4, 0.5) is 0 Å². The first-order valence-electron chi connectivity index (χ1n) is 11.9. The molecule has 1 aliphatic heterocycles. The number of allylic oxidation sites excluding steroid dienone is 4. The lowest BCUT2D eigenvalue weighted by molar-refractivity contribution is 0.159. The molecule has 1 aliphatic rings. The molecule has 0 fully saturated rings. The lowest BCUT2D eigenvalue weighted by Gasteiger charge is -2.29. The Kier molecular flexibility index (Phi) is 6.48. The summed E-state index contributed by atoms with van der Waals surface area (Å²) in [5.74, 6) is 0.0156. The highest BCUT2D eigenvalue weighted by molar-refractivity contribution is 5.94. The zero-order chi connectivity index (χ0) is 26.4. The molecule has 188 valence electrons. The van der Waals surface area contributed by atoms with Crippen LogP contribution in [-0.4, -0.2) is 20.9 Å². The van der Waals surface area contributed by atoms with Gasteiger partial charge >= 0.3 is 0 Å². The van der Waals surface area contributed by atoms with Gasteiger partial charge in [0.05, 0.1) is 11.1 Å². The van der Waals surface area contributed by atoms with Crippen molar-refractivity contribution < 1.29 is 24.5 Å². The molecular weight excluding hydrogens is 456 g/mol. The summed E-state index contributed by atoms with van der Waals surface area (Å²) in [6.45, 7) is 11.5. The Hall–Kier alpha value is -3.93. The van der Waals surface area contributed by atoms with Crippen LogP contribution in [0.25, 0.3) is 28.2 Å². The van der Waals surface area contributed by atoms with E-state index >= 15 is 0 Å². The molecule has 0 saturated heterocycles. The van der Waals surface area contributed by atoms with Gasteiger partial charge in [0, 0.05) is 16.7 Å². The van der Waals surface area contributed by atoms with Gasteiger partial charge < -0.3 is 24.5 Å². The molecule has 36 heavy (non-hydrogen) atoms. The van der Waals surface area contributed by atoms with Gasteiger partial charge in [0.1, 0.15) is 45.8 Å². The van der Waals surface area contributed by atoms with Crippen molar-refractivity contribution in [3.63, 3.8) is 0 Å². The van der Waals surface area contributed by atoms with Crippen LogP contribution >= 0.6 is 0 Å². The van der Waals surface area contributed by atoms with Crippen LogP contribution in [0.5, 0.6) is 23.0 Å². The van der Waals surface area contributed by atoms with Crippen LogP contribution in [0.1, 0.15) is 58.2 Å². The smallest absolute Gasteiger partial charge is 0.204 e. The largest absolute Gasteiger partial charge is 0.507 e. The van der Waals surface area contributed by atoms with Gasteiger partial charge in [0.25, 0.3) is 0 Å². The average Bonchev–Trinajstić information content (AvgIpc) is 2.78. The van der Waals surface area contributed by atoms with Crippen LogP contribution in [0.15, 0.2) is 57.0 Å². The molecule has 4 rings (SSSR count). The van der Waals surface area contributed by atoms with Crippen molar-refractivity contribution in [2.24, 2.45) is 0 Å². The van der Waals surface area contributed by atoms with E-state index in [0.717, 1.165) is 11.1 Å². The van der Waals surface area contributed by atoms with Gasteiger partial charge in [-0.2, -0.15) is 0 Å². The number of phenolic OH excluding ortho intramolecular Hbond substituents is 3. The first-order valence-corrected chi connectivity index (χ1v) is 11.9. The molecule has 6 nitrogen and oxygen atoms in total. The Bertz CT molecular complexity index is 1510. The molecule has 0 unspecified atom stereocenters. The fourth-order valence-corrected chi connectivity index (χ4v) is 4.29. The van der Waals surface area contributed by atoms with E-state index in [1.807, 2.05) is 59.8 Å². The van der Waals surface area contributed by atoms with E-state index in [1.165, 1.54) is 12.3 Å². The second kappa shape index (κ2) is 9.26. The first kappa shape index (κ1) is 25.2. The molecule has 6 heteroatoms. The zero-order valence-electron chi connectivity index (χ0n) is 21.5. The molecule has 0 saturated carbocycles. The lowest BCUT2D eigenvalue weighted by Crippen LogP contribution is -2.28. The molecule has 0 bridgehead atoms. The number of phenols is 3. The highest BCUT2D eigenvalue weighted by Gasteiger charge is 2.29. The molecule has 2 aromatic carbocycles. The van der Waals surface area contributed by atoms with Gasteiger partial charge in [-0.25, -0.2) is 0 Å². The molecule has 1 aromatic heterocycles. The minimum absolute atomic E-state index is 0.00653. The summed E-state index contributed by atoms with van der Waals surface area (Å²) in [5, 5.41) is 32.7. The van der Waals surface area contributed by atoms with E-state index in [9.17, 15) is 20.1 Å².